The Morgan fingerprint density at radius 3 is 2.46 bits per heavy atom. The summed E-state index contributed by atoms with van der Waals surface area (Å²) in [6.07, 6.45) is 0. The number of benzene rings is 1. The van der Waals surface area contributed by atoms with Gasteiger partial charge in [0.2, 0.25) is 0 Å². The van der Waals surface area contributed by atoms with Crippen LogP contribution in [0.4, 0.5) is 8.78 Å². The van der Waals surface area contributed by atoms with Crippen LogP contribution in [0.2, 0.25) is 0 Å². The van der Waals surface area contributed by atoms with Crippen LogP contribution in [0.3, 0.4) is 0 Å². The normalized spacial score (nSPS) is 10.1. The molecular weight excluding hydrogens is 198 g/mol. The number of rotatable bonds is 3. The third-order valence-electron chi connectivity index (χ3n) is 1.21. The molecular formula is C8H6F2O2S. The van der Waals surface area contributed by atoms with E-state index in [2.05, 4.69) is 4.18 Å². The Morgan fingerprint density at radius 1 is 1.31 bits per heavy atom. The first-order valence-electron chi connectivity index (χ1n) is 3.41. The zero-order valence-electron chi connectivity index (χ0n) is 6.44. The van der Waals surface area contributed by atoms with E-state index in [0.717, 1.165) is 0 Å². The Labute approximate surface area is 78.1 Å². The third kappa shape index (κ3) is 3.42. The van der Waals surface area contributed by atoms with Crippen LogP contribution in [0.15, 0.2) is 30.3 Å². The van der Waals surface area contributed by atoms with E-state index in [9.17, 15) is 13.6 Å². The third-order valence-corrected chi connectivity index (χ3v) is 1.60. The van der Waals surface area contributed by atoms with E-state index in [1.54, 1.807) is 18.2 Å². The fraction of sp³-hybridized carbons (Fsp3) is 0.125. The van der Waals surface area contributed by atoms with Crippen molar-refractivity contribution in [1.82, 2.24) is 0 Å². The highest BCUT2D eigenvalue weighted by Gasteiger charge is 2.11. The number of alkyl halides is 2. The molecule has 0 aliphatic carbocycles. The first kappa shape index (κ1) is 9.98. The molecule has 0 aliphatic heterocycles. The van der Waals surface area contributed by atoms with Gasteiger partial charge in [-0.2, -0.15) is 8.78 Å². The maximum atomic E-state index is 11.6. The monoisotopic (exact) mass is 204 g/mol. The Morgan fingerprint density at radius 2 is 1.92 bits per heavy atom. The van der Waals surface area contributed by atoms with Crippen molar-refractivity contribution in [2.45, 2.75) is 5.76 Å². The Hall–Kier alpha value is -1.10. The van der Waals surface area contributed by atoms with Crippen molar-refractivity contribution in [2.75, 3.05) is 0 Å². The fourth-order valence-electron chi connectivity index (χ4n) is 0.702. The van der Waals surface area contributed by atoms with Crippen LogP contribution in [0, 0.1) is 0 Å². The number of halogens is 2. The highest BCUT2D eigenvalue weighted by molar-refractivity contribution is 7.95. The summed E-state index contributed by atoms with van der Waals surface area (Å²) in [6, 6.07) is 7.97. The summed E-state index contributed by atoms with van der Waals surface area (Å²) in [5, 5.41) is 0. The van der Waals surface area contributed by atoms with Gasteiger partial charge in [-0.25, -0.2) is 4.79 Å². The molecule has 0 saturated carbocycles. The number of carbonyl (C=O) groups excluding carboxylic acids is 1. The molecule has 5 heteroatoms. The van der Waals surface area contributed by atoms with E-state index < -0.39 is 11.7 Å². The van der Waals surface area contributed by atoms with E-state index in [1.807, 2.05) is 0 Å². The molecule has 1 aromatic carbocycles. The second-order valence-corrected chi connectivity index (χ2v) is 2.81. The summed E-state index contributed by atoms with van der Waals surface area (Å²) in [5.41, 5.74) is 0.260. The number of hydrogen-bond donors (Lipinski definition) is 0. The van der Waals surface area contributed by atoms with Crippen molar-refractivity contribution in [3.8, 4) is 0 Å². The first-order chi connectivity index (χ1) is 6.20. The van der Waals surface area contributed by atoms with Crippen LogP contribution in [0.25, 0.3) is 0 Å². The van der Waals surface area contributed by atoms with Crippen molar-refractivity contribution in [3.05, 3.63) is 35.9 Å². The Bertz CT molecular complexity index is 277. The van der Waals surface area contributed by atoms with Gasteiger partial charge in [0.1, 0.15) is 12.0 Å². The molecule has 0 amide bonds. The van der Waals surface area contributed by atoms with Crippen molar-refractivity contribution in [1.29, 1.82) is 0 Å². The van der Waals surface area contributed by atoms with Gasteiger partial charge < -0.3 is 4.18 Å². The van der Waals surface area contributed by atoms with Gasteiger partial charge in [-0.05, 0) is 12.1 Å². The number of hydrogen-bond acceptors (Lipinski definition) is 3. The predicted molar refractivity (Wildman–Crippen MR) is 45.5 cm³/mol. The van der Waals surface area contributed by atoms with Crippen molar-refractivity contribution >= 4 is 18.0 Å². The van der Waals surface area contributed by atoms with Crippen molar-refractivity contribution < 1.29 is 17.8 Å². The topological polar surface area (TPSA) is 26.3 Å². The minimum Gasteiger partial charge on any atom is -0.382 e. The summed E-state index contributed by atoms with van der Waals surface area (Å²) in [5.74, 6) is -3.46. The summed E-state index contributed by atoms with van der Waals surface area (Å²) in [7, 11) is 0. The van der Waals surface area contributed by atoms with Crippen LogP contribution in [-0.2, 0) is 4.18 Å². The summed E-state index contributed by atoms with van der Waals surface area (Å²) in [4.78, 5) is 11.0. The molecule has 0 bridgehead atoms. The molecule has 0 aromatic heterocycles. The highest BCUT2D eigenvalue weighted by atomic mass is 32.2. The zero-order chi connectivity index (χ0) is 9.68. The maximum Gasteiger partial charge on any atom is 0.350 e. The largest absolute Gasteiger partial charge is 0.382 e. The molecule has 70 valence electrons. The molecule has 0 saturated heterocycles. The minimum atomic E-state index is -2.70. The molecule has 0 fully saturated rings. The lowest BCUT2D eigenvalue weighted by Crippen LogP contribution is -2.00. The van der Waals surface area contributed by atoms with Gasteiger partial charge in [-0.15, -0.1) is 0 Å². The van der Waals surface area contributed by atoms with Crippen LogP contribution >= 0.6 is 12.0 Å². The molecule has 1 aromatic rings. The van der Waals surface area contributed by atoms with E-state index in [1.165, 1.54) is 12.1 Å². The standard InChI is InChI=1S/C8H6F2O2S/c9-8(10)13-12-7(11)6-4-2-1-3-5-6/h1-5,8H. The van der Waals surface area contributed by atoms with E-state index in [4.69, 9.17) is 0 Å². The Kier molecular flexibility index (Phi) is 3.70. The quantitative estimate of drug-likeness (QED) is 0.708. The zero-order valence-corrected chi connectivity index (χ0v) is 7.26. The molecule has 0 spiro atoms. The lowest BCUT2D eigenvalue weighted by Gasteiger charge is -2.00. The highest BCUT2D eigenvalue weighted by Crippen LogP contribution is 2.16. The van der Waals surface area contributed by atoms with Crippen LogP contribution < -0.4 is 0 Å². The first-order valence-corrected chi connectivity index (χ1v) is 4.21. The second-order valence-electron chi connectivity index (χ2n) is 2.09. The van der Waals surface area contributed by atoms with Crippen molar-refractivity contribution in [2.24, 2.45) is 0 Å². The predicted octanol–water partition coefficient (Wildman–Crippen LogP) is 2.71. The van der Waals surface area contributed by atoms with Gasteiger partial charge in [0.15, 0.2) is 0 Å². The second kappa shape index (κ2) is 4.81. The van der Waals surface area contributed by atoms with E-state index in [0.29, 0.717) is 0 Å². The average molecular weight is 204 g/mol. The van der Waals surface area contributed by atoms with Gasteiger partial charge in [0.05, 0.1) is 5.56 Å². The number of carbonyl (C=O) groups is 1. The lowest BCUT2D eigenvalue weighted by molar-refractivity contribution is 0.0756. The van der Waals surface area contributed by atoms with Gasteiger partial charge >= 0.3 is 11.7 Å². The molecule has 0 heterocycles. The molecule has 0 atom stereocenters. The SMILES string of the molecule is O=C(OSC(F)F)c1ccccc1. The molecule has 13 heavy (non-hydrogen) atoms. The molecule has 0 N–H and O–H groups in total. The summed E-state index contributed by atoms with van der Waals surface area (Å²) < 4.78 is 27.4. The van der Waals surface area contributed by atoms with Gasteiger partial charge in [-0.1, -0.05) is 18.2 Å². The van der Waals surface area contributed by atoms with E-state index >= 15 is 0 Å². The molecule has 1 rings (SSSR count). The minimum absolute atomic E-state index is 0.149. The van der Waals surface area contributed by atoms with Gasteiger partial charge in [0, 0.05) is 0 Å². The Balaban J connectivity index is 2.50. The lowest BCUT2D eigenvalue weighted by atomic mass is 10.2. The van der Waals surface area contributed by atoms with Gasteiger partial charge in [-0.3, -0.25) is 0 Å². The van der Waals surface area contributed by atoms with Crippen LogP contribution in [0.1, 0.15) is 10.4 Å². The average Bonchev–Trinajstić information content (AvgIpc) is 2.15. The van der Waals surface area contributed by atoms with Gasteiger partial charge in [0.25, 0.3) is 0 Å². The fourth-order valence-corrected chi connectivity index (χ4v) is 0.959. The summed E-state index contributed by atoms with van der Waals surface area (Å²) >= 11 is -0.149. The van der Waals surface area contributed by atoms with E-state index in [-0.39, 0.29) is 17.6 Å². The molecule has 0 unspecified atom stereocenters. The van der Waals surface area contributed by atoms with Crippen LogP contribution in [-0.4, -0.2) is 11.7 Å². The smallest absolute Gasteiger partial charge is 0.350 e. The maximum absolute atomic E-state index is 11.6. The van der Waals surface area contributed by atoms with Crippen molar-refractivity contribution in [3.63, 3.8) is 0 Å². The molecule has 2 nitrogen and oxygen atoms in total. The summed E-state index contributed by atoms with van der Waals surface area (Å²) in [6.45, 7) is 0. The van der Waals surface area contributed by atoms with Crippen LogP contribution in [0.5, 0.6) is 0 Å². The molecule has 0 radical (unpaired) electrons. The molecule has 0 aliphatic rings.